The van der Waals surface area contributed by atoms with Crippen molar-refractivity contribution in [3.63, 3.8) is 0 Å². The lowest BCUT2D eigenvalue weighted by atomic mass is 10.2. The van der Waals surface area contributed by atoms with Crippen LogP contribution in [0, 0.1) is 0 Å². The van der Waals surface area contributed by atoms with Crippen LogP contribution in [0.15, 0.2) is 65.8 Å². The highest BCUT2D eigenvalue weighted by atomic mass is 35.5. The molecule has 31 heavy (non-hydrogen) atoms. The topological polar surface area (TPSA) is 61.3 Å². The molecule has 0 atom stereocenters. The van der Waals surface area contributed by atoms with Gasteiger partial charge in [0.2, 0.25) is 0 Å². The van der Waals surface area contributed by atoms with Crippen molar-refractivity contribution in [1.29, 1.82) is 0 Å². The minimum atomic E-state index is 0.400. The molecule has 0 aliphatic heterocycles. The number of halogens is 1. The number of hydrazone groups is 1. The van der Waals surface area contributed by atoms with E-state index in [9.17, 15) is 0 Å². The quantitative estimate of drug-likeness (QED) is 0.352. The van der Waals surface area contributed by atoms with Gasteiger partial charge in [0.15, 0.2) is 23.0 Å². The first kappa shape index (κ1) is 22.3. The minimum absolute atomic E-state index is 0.400. The molecule has 0 heterocycles. The highest BCUT2D eigenvalue weighted by molar-refractivity contribution is 6.32. The molecule has 6 nitrogen and oxygen atoms in total. The summed E-state index contributed by atoms with van der Waals surface area (Å²) >= 11 is 6.44. The van der Waals surface area contributed by atoms with Gasteiger partial charge in [0.05, 0.1) is 39.1 Å². The minimum Gasteiger partial charge on any atom is -0.493 e. The second-order valence-corrected chi connectivity index (χ2v) is 7.00. The molecule has 0 amide bonds. The highest BCUT2D eigenvalue weighted by Gasteiger charge is 2.12. The summed E-state index contributed by atoms with van der Waals surface area (Å²) in [6, 6.07) is 19.2. The van der Waals surface area contributed by atoms with E-state index in [0.717, 1.165) is 16.7 Å². The first-order valence-corrected chi connectivity index (χ1v) is 10.0. The number of nitrogens with one attached hydrogen (secondary N) is 1. The van der Waals surface area contributed by atoms with Crippen molar-refractivity contribution < 1.29 is 18.9 Å². The SMILES string of the molecule is COc1ccc(CN/N=C/c2cc(Cl)c(OCc3ccccc3)c(OC)c2)cc1OC. The summed E-state index contributed by atoms with van der Waals surface area (Å²) in [5.41, 5.74) is 5.86. The van der Waals surface area contributed by atoms with Gasteiger partial charge in [0, 0.05) is 0 Å². The zero-order valence-corrected chi connectivity index (χ0v) is 18.5. The van der Waals surface area contributed by atoms with Crippen LogP contribution in [-0.4, -0.2) is 27.5 Å². The molecular weight excluding hydrogens is 416 g/mol. The van der Waals surface area contributed by atoms with E-state index in [-0.39, 0.29) is 0 Å². The van der Waals surface area contributed by atoms with Crippen molar-refractivity contribution in [2.45, 2.75) is 13.2 Å². The molecule has 0 fully saturated rings. The third kappa shape index (κ3) is 6.06. The molecular formula is C24H25ClN2O4. The van der Waals surface area contributed by atoms with Gasteiger partial charge in [-0.3, -0.25) is 0 Å². The van der Waals surface area contributed by atoms with Gasteiger partial charge in [-0.2, -0.15) is 5.10 Å². The average molecular weight is 441 g/mol. The number of nitrogens with zero attached hydrogens (tertiary/aromatic N) is 1. The Labute approximate surface area is 187 Å². The Hall–Kier alpha value is -3.38. The van der Waals surface area contributed by atoms with Crippen LogP contribution in [0.25, 0.3) is 0 Å². The summed E-state index contributed by atoms with van der Waals surface area (Å²) in [6.45, 7) is 0.928. The molecule has 0 unspecified atom stereocenters. The van der Waals surface area contributed by atoms with Crippen LogP contribution in [0.5, 0.6) is 23.0 Å². The second-order valence-electron chi connectivity index (χ2n) is 6.59. The normalized spacial score (nSPS) is 10.7. The molecule has 162 valence electrons. The van der Waals surface area contributed by atoms with E-state index in [2.05, 4.69) is 10.5 Å². The smallest absolute Gasteiger partial charge is 0.180 e. The first-order chi connectivity index (χ1) is 15.1. The van der Waals surface area contributed by atoms with Crippen molar-refractivity contribution in [3.8, 4) is 23.0 Å². The van der Waals surface area contributed by atoms with E-state index < -0.39 is 0 Å². The molecule has 0 saturated heterocycles. The average Bonchev–Trinajstić information content (AvgIpc) is 2.81. The Morgan fingerprint density at radius 3 is 2.29 bits per heavy atom. The predicted molar refractivity (Wildman–Crippen MR) is 123 cm³/mol. The molecule has 1 N–H and O–H groups in total. The molecule has 0 spiro atoms. The first-order valence-electron chi connectivity index (χ1n) is 9.65. The van der Waals surface area contributed by atoms with Gasteiger partial charge in [-0.1, -0.05) is 48.0 Å². The second kappa shape index (κ2) is 11.1. The van der Waals surface area contributed by atoms with E-state index in [1.54, 1.807) is 33.6 Å². The van der Waals surface area contributed by atoms with Crippen LogP contribution in [0.4, 0.5) is 0 Å². The largest absolute Gasteiger partial charge is 0.493 e. The molecule has 3 rings (SSSR count). The number of benzene rings is 3. The number of hydrogen-bond donors (Lipinski definition) is 1. The lowest BCUT2D eigenvalue weighted by molar-refractivity contribution is 0.284. The maximum atomic E-state index is 6.44. The van der Waals surface area contributed by atoms with Crippen LogP contribution in [0.1, 0.15) is 16.7 Å². The fourth-order valence-electron chi connectivity index (χ4n) is 2.93. The molecule has 0 aromatic heterocycles. The van der Waals surface area contributed by atoms with Gasteiger partial charge in [0.1, 0.15) is 6.61 Å². The number of hydrogen-bond acceptors (Lipinski definition) is 6. The monoisotopic (exact) mass is 440 g/mol. The number of rotatable bonds is 10. The summed E-state index contributed by atoms with van der Waals surface area (Å²) < 4.78 is 21.9. The Balaban J connectivity index is 1.63. The van der Waals surface area contributed by atoms with Crippen LogP contribution in [0.2, 0.25) is 5.02 Å². The van der Waals surface area contributed by atoms with Crippen LogP contribution >= 0.6 is 11.6 Å². The van der Waals surface area contributed by atoms with Crippen molar-refractivity contribution in [1.82, 2.24) is 5.43 Å². The molecule has 0 bridgehead atoms. The lowest BCUT2D eigenvalue weighted by Crippen LogP contribution is -2.06. The van der Waals surface area contributed by atoms with Crippen molar-refractivity contribution in [3.05, 3.63) is 82.4 Å². The van der Waals surface area contributed by atoms with E-state index in [4.69, 9.17) is 30.5 Å². The van der Waals surface area contributed by atoms with E-state index in [0.29, 0.717) is 41.2 Å². The van der Waals surface area contributed by atoms with Crippen molar-refractivity contribution in [2.24, 2.45) is 5.10 Å². The molecule has 0 radical (unpaired) electrons. The molecule has 0 aliphatic carbocycles. The third-order valence-corrected chi connectivity index (χ3v) is 4.79. The van der Waals surface area contributed by atoms with E-state index in [1.165, 1.54) is 0 Å². The van der Waals surface area contributed by atoms with Gasteiger partial charge in [-0.05, 0) is 41.0 Å². The zero-order valence-electron chi connectivity index (χ0n) is 17.7. The van der Waals surface area contributed by atoms with Crippen LogP contribution in [0.3, 0.4) is 0 Å². The molecule has 0 saturated carbocycles. The maximum Gasteiger partial charge on any atom is 0.180 e. The Kier molecular flexibility index (Phi) is 8.01. The summed E-state index contributed by atoms with van der Waals surface area (Å²) in [4.78, 5) is 0. The fraction of sp³-hybridized carbons (Fsp3) is 0.208. The van der Waals surface area contributed by atoms with Crippen LogP contribution in [-0.2, 0) is 13.2 Å². The summed E-state index contributed by atoms with van der Waals surface area (Å²) in [7, 11) is 4.80. The van der Waals surface area contributed by atoms with Gasteiger partial charge in [0.25, 0.3) is 0 Å². The predicted octanol–water partition coefficient (Wildman–Crippen LogP) is 5.07. The summed E-state index contributed by atoms with van der Waals surface area (Å²) in [5.74, 6) is 2.41. The molecule has 3 aromatic rings. The standard InChI is InChI=1S/C24H25ClN2O4/c1-28-21-10-9-18(12-22(21)29-2)14-26-27-15-19-11-20(25)24(23(13-19)30-3)31-16-17-7-5-4-6-8-17/h4-13,15,26H,14,16H2,1-3H3/b27-15+. The van der Waals surface area contributed by atoms with Crippen molar-refractivity contribution >= 4 is 17.8 Å². The van der Waals surface area contributed by atoms with E-state index >= 15 is 0 Å². The fourth-order valence-corrected chi connectivity index (χ4v) is 3.21. The Bertz CT molecular complexity index is 1030. The van der Waals surface area contributed by atoms with Crippen molar-refractivity contribution in [2.75, 3.05) is 21.3 Å². The molecule has 3 aromatic carbocycles. The maximum absolute atomic E-state index is 6.44. The van der Waals surface area contributed by atoms with Gasteiger partial charge in [-0.15, -0.1) is 0 Å². The number of methoxy groups -OCH3 is 3. The number of ether oxygens (including phenoxy) is 4. The lowest BCUT2D eigenvalue weighted by Gasteiger charge is -2.13. The highest BCUT2D eigenvalue weighted by Crippen LogP contribution is 2.36. The van der Waals surface area contributed by atoms with Gasteiger partial charge in [-0.25, -0.2) is 0 Å². The Morgan fingerprint density at radius 1 is 0.839 bits per heavy atom. The third-order valence-electron chi connectivity index (χ3n) is 4.51. The Morgan fingerprint density at radius 2 is 1.58 bits per heavy atom. The molecule has 7 heteroatoms. The van der Waals surface area contributed by atoms with Crippen LogP contribution < -0.4 is 24.4 Å². The molecule has 0 aliphatic rings. The summed E-state index contributed by atoms with van der Waals surface area (Å²) in [6.07, 6.45) is 1.68. The van der Waals surface area contributed by atoms with Gasteiger partial charge >= 0.3 is 0 Å². The van der Waals surface area contributed by atoms with E-state index in [1.807, 2.05) is 54.6 Å². The zero-order chi connectivity index (χ0) is 22.1. The summed E-state index contributed by atoms with van der Waals surface area (Å²) in [5, 5.41) is 4.73. The van der Waals surface area contributed by atoms with Gasteiger partial charge < -0.3 is 24.4 Å².